The summed E-state index contributed by atoms with van der Waals surface area (Å²) in [5, 5.41) is 10.7. The molecule has 1 aromatic heterocycles. The molecule has 2 rings (SSSR count). The summed E-state index contributed by atoms with van der Waals surface area (Å²) in [6.07, 6.45) is 0. The van der Waals surface area contributed by atoms with Gasteiger partial charge in [0.1, 0.15) is 0 Å². The quantitative estimate of drug-likeness (QED) is 0.828. The molecule has 116 valence electrons. The lowest BCUT2D eigenvalue weighted by Crippen LogP contribution is -2.51. The summed E-state index contributed by atoms with van der Waals surface area (Å²) in [5.74, 6) is -0.136. The Hall–Kier alpha value is -1.44. The summed E-state index contributed by atoms with van der Waals surface area (Å²) in [5.41, 5.74) is 0. The van der Waals surface area contributed by atoms with E-state index in [2.05, 4.69) is 4.90 Å². The molecule has 1 aliphatic rings. The molecule has 0 atom stereocenters. The fraction of sp³-hybridized carbons (Fsp3) is 0.571. The third-order valence-electron chi connectivity index (χ3n) is 3.59. The van der Waals surface area contributed by atoms with Crippen molar-refractivity contribution < 1.29 is 14.7 Å². The number of hydrogen-bond donors (Lipinski definition) is 1. The van der Waals surface area contributed by atoms with Crippen LogP contribution in [0.2, 0.25) is 0 Å². The van der Waals surface area contributed by atoms with Gasteiger partial charge in [0.15, 0.2) is 0 Å². The van der Waals surface area contributed by atoms with Crippen LogP contribution in [0.4, 0.5) is 0 Å². The zero-order valence-electron chi connectivity index (χ0n) is 12.2. The van der Waals surface area contributed by atoms with Gasteiger partial charge >= 0.3 is 0 Å². The van der Waals surface area contributed by atoms with Gasteiger partial charge in [-0.2, -0.15) is 0 Å². The van der Waals surface area contributed by atoms with E-state index >= 15 is 0 Å². The van der Waals surface area contributed by atoms with E-state index in [1.165, 1.54) is 16.2 Å². The maximum Gasteiger partial charge on any atom is 0.264 e. The van der Waals surface area contributed by atoms with E-state index in [0.717, 1.165) is 13.1 Å². The number of piperazine rings is 1. The summed E-state index contributed by atoms with van der Waals surface area (Å²) in [7, 11) is 1.65. The van der Waals surface area contributed by atoms with Crippen LogP contribution in [-0.2, 0) is 4.79 Å². The van der Waals surface area contributed by atoms with Crippen molar-refractivity contribution in [2.45, 2.75) is 0 Å². The van der Waals surface area contributed by atoms with E-state index in [4.69, 9.17) is 5.11 Å². The number of nitrogens with zero attached hydrogens (tertiary/aromatic N) is 3. The fourth-order valence-electron chi connectivity index (χ4n) is 2.33. The van der Waals surface area contributed by atoms with Crippen molar-refractivity contribution >= 4 is 23.2 Å². The molecule has 0 spiro atoms. The van der Waals surface area contributed by atoms with Crippen molar-refractivity contribution in [1.82, 2.24) is 14.7 Å². The van der Waals surface area contributed by atoms with Crippen LogP contribution in [0.25, 0.3) is 0 Å². The average molecular weight is 311 g/mol. The van der Waals surface area contributed by atoms with Crippen LogP contribution >= 0.6 is 11.3 Å². The summed E-state index contributed by atoms with van der Waals surface area (Å²) in [6, 6.07) is 3.59. The number of thiophene rings is 1. The van der Waals surface area contributed by atoms with E-state index in [0.29, 0.717) is 24.5 Å². The Bertz CT molecular complexity index is 470. The second-order valence-corrected chi connectivity index (χ2v) is 6.03. The number of aliphatic hydroxyl groups is 1. The number of carbonyl (C=O) groups excluding carboxylic acids is 2. The predicted octanol–water partition coefficient (Wildman–Crippen LogP) is -0.0434. The zero-order valence-corrected chi connectivity index (χ0v) is 13.0. The van der Waals surface area contributed by atoms with Gasteiger partial charge < -0.3 is 14.9 Å². The lowest BCUT2D eigenvalue weighted by atomic mass is 10.3. The van der Waals surface area contributed by atoms with Crippen molar-refractivity contribution in [1.29, 1.82) is 0 Å². The van der Waals surface area contributed by atoms with Gasteiger partial charge in [0.2, 0.25) is 5.91 Å². The van der Waals surface area contributed by atoms with Crippen molar-refractivity contribution in [2.24, 2.45) is 0 Å². The van der Waals surface area contributed by atoms with Crippen LogP contribution in [0.1, 0.15) is 9.67 Å². The summed E-state index contributed by atoms with van der Waals surface area (Å²) in [6.45, 7) is 3.75. The molecule has 6 nitrogen and oxygen atoms in total. The Kier molecular flexibility index (Phi) is 5.72. The monoisotopic (exact) mass is 311 g/mol. The maximum absolute atomic E-state index is 12.2. The first-order valence-corrected chi connectivity index (χ1v) is 7.89. The van der Waals surface area contributed by atoms with Gasteiger partial charge in [-0.05, 0) is 11.4 Å². The molecular weight excluding hydrogens is 290 g/mol. The topological polar surface area (TPSA) is 64.1 Å². The van der Waals surface area contributed by atoms with Crippen molar-refractivity contribution in [3.05, 3.63) is 22.4 Å². The minimum absolute atomic E-state index is 0.0222. The molecular formula is C14H21N3O3S. The highest BCUT2D eigenvalue weighted by atomic mass is 32.1. The number of aliphatic hydroxyl groups excluding tert-OH is 1. The van der Waals surface area contributed by atoms with Crippen molar-refractivity contribution in [3.63, 3.8) is 0 Å². The molecule has 0 saturated carbocycles. The summed E-state index contributed by atoms with van der Waals surface area (Å²) >= 11 is 1.38. The van der Waals surface area contributed by atoms with Crippen LogP contribution in [0.3, 0.4) is 0 Å². The molecule has 1 aromatic rings. The number of hydrogen-bond acceptors (Lipinski definition) is 5. The minimum atomic E-state index is -0.114. The van der Waals surface area contributed by atoms with Crippen LogP contribution in [-0.4, -0.2) is 84.5 Å². The average Bonchev–Trinajstić information content (AvgIpc) is 3.01. The van der Waals surface area contributed by atoms with Gasteiger partial charge in [-0.3, -0.25) is 14.5 Å². The highest BCUT2D eigenvalue weighted by Crippen LogP contribution is 2.11. The van der Waals surface area contributed by atoms with Gasteiger partial charge in [0.25, 0.3) is 5.91 Å². The van der Waals surface area contributed by atoms with Crippen molar-refractivity contribution in [2.75, 3.05) is 52.9 Å². The predicted molar refractivity (Wildman–Crippen MR) is 81.4 cm³/mol. The summed E-state index contributed by atoms with van der Waals surface area (Å²) < 4.78 is 0. The normalized spacial score (nSPS) is 16.0. The molecule has 1 aliphatic heterocycles. The fourth-order valence-corrected chi connectivity index (χ4v) is 3.04. The Labute approximate surface area is 128 Å². The lowest BCUT2D eigenvalue weighted by molar-refractivity contribution is -0.133. The van der Waals surface area contributed by atoms with Gasteiger partial charge in [0.05, 0.1) is 18.0 Å². The molecule has 0 radical (unpaired) electrons. The molecule has 7 heteroatoms. The van der Waals surface area contributed by atoms with Gasteiger partial charge in [-0.1, -0.05) is 6.07 Å². The maximum atomic E-state index is 12.2. The third kappa shape index (κ3) is 4.26. The molecule has 0 bridgehead atoms. The van der Waals surface area contributed by atoms with Crippen LogP contribution in [0.5, 0.6) is 0 Å². The second-order valence-electron chi connectivity index (χ2n) is 5.08. The minimum Gasteiger partial charge on any atom is -0.395 e. The van der Waals surface area contributed by atoms with E-state index in [9.17, 15) is 9.59 Å². The molecule has 21 heavy (non-hydrogen) atoms. The van der Waals surface area contributed by atoms with E-state index < -0.39 is 0 Å². The molecule has 2 heterocycles. The lowest BCUT2D eigenvalue weighted by Gasteiger charge is -2.35. The second kappa shape index (κ2) is 7.53. The molecule has 0 unspecified atom stereocenters. The standard InChI is InChI=1S/C14H21N3O3S/c1-15(14(20)12-3-2-10-21-12)11-13(19)17-6-4-16(5-7-17)8-9-18/h2-3,10,18H,4-9,11H2,1H3. The Morgan fingerprint density at radius 3 is 2.62 bits per heavy atom. The number of likely N-dealkylation sites (N-methyl/N-ethyl adjacent to an activating group) is 1. The number of β-amino-alcohol motifs (C(OH)–C–C–N with tert-alkyl or cyclic N) is 1. The largest absolute Gasteiger partial charge is 0.395 e. The van der Waals surface area contributed by atoms with E-state index in [1.807, 2.05) is 11.4 Å². The van der Waals surface area contributed by atoms with Gasteiger partial charge in [-0.15, -0.1) is 11.3 Å². The Morgan fingerprint density at radius 2 is 2.05 bits per heavy atom. The van der Waals surface area contributed by atoms with E-state index in [1.54, 1.807) is 18.0 Å². The highest BCUT2D eigenvalue weighted by molar-refractivity contribution is 7.12. The Morgan fingerprint density at radius 1 is 1.33 bits per heavy atom. The molecule has 1 saturated heterocycles. The number of rotatable bonds is 5. The molecule has 1 fully saturated rings. The first-order valence-electron chi connectivity index (χ1n) is 7.01. The van der Waals surface area contributed by atoms with Crippen LogP contribution in [0, 0.1) is 0 Å². The first kappa shape index (κ1) is 15.9. The van der Waals surface area contributed by atoms with Crippen LogP contribution in [0.15, 0.2) is 17.5 Å². The van der Waals surface area contributed by atoms with Crippen LogP contribution < -0.4 is 0 Å². The van der Waals surface area contributed by atoms with Gasteiger partial charge in [0, 0.05) is 39.8 Å². The Balaban J connectivity index is 1.80. The number of carbonyl (C=O) groups is 2. The zero-order chi connectivity index (χ0) is 15.2. The molecule has 2 amide bonds. The third-order valence-corrected chi connectivity index (χ3v) is 4.45. The summed E-state index contributed by atoms with van der Waals surface area (Å²) in [4.78, 5) is 30.3. The van der Waals surface area contributed by atoms with Crippen molar-refractivity contribution in [3.8, 4) is 0 Å². The first-order chi connectivity index (χ1) is 10.1. The van der Waals surface area contributed by atoms with Gasteiger partial charge in [-0.25, -0.2) is 0 Å². The van der Waals surface area contributed by atoms with E-state index in [-0.39, 0.29) is 25.0 Å². The SMILES string of the molecule is CN(CC(=O)N1CCN(CCO)CC1)C(=O)c1cccs1. The molecule has 1 N–H and O–H groups in total. The molecule has 0 aliphatic carbocycles. The highest BCUT2D eigenvalue weighted by Gasteiger charge is 2.23. The number of amides is 2. The smallest absolute Gasteiger partial charge is 0.264 e. The molecule has 0 aromatic carbocycles.